The average Bonchev–Trinajstić information content (AvgIpc) is 3.11. The van der Waals surface area contributed by atoms with Crippen LogP contribution < -0.4 is 5.69 Å². The van der Waals surface area contributed by atoms with E-state index in [9.17, 15) is 4.79 Å². The molecule has 2 aromatic heterocycles. The van der Waals surface area contributed by atoms with E-state index in [4.69, 9.17) is 0 Å². The van der Waals surface area contributed by atoms with Gasteiger partial charge in [-0.3, -0.25) is 9.47 Å². The summed E-state index contributed by atoms with van der Waals surface area (Å²) in [6.45, 7) is 2.85. The lowest BCUT2D eigenvalue weighted by atomic mass is 10.0. The second-order valence-electron chi connectivity index (χ2n) is 6.28. The summed E-state index contributed by atoms with van der Waals surface area (Å²) < 4.78 is 4.00. The van der Waals surface area contributed by atoms with E-state index < -0.39 is 0 Å². The maximum absolute atomic E-state index is 12.3. The number of para-hydroxylation sites is 2. The molecule has 1 aromatic carbocycles. The Morgan fingerprint density at radius 2 is 2.04 bits per heavy atom. The van der Waals surface area contributed by atoms with Crippen molar-refractivity contribution in [2.75, 3.05) is 13.1 Å². The molecular weight excluding hydrogens is 290 g/mol. The van der Waals surface area contributed by atoms with E-state index in [1.807, 2.05) is 48.3 Å². The zero-order valence-corrected chi connectivity index (χ0v) is 13.3. The summed E-state index contributed by atoms with van der Waals surface area (Å²) in [5.41, 5.74) is 1.95. The first kappa shape index (κ1) is 14.3. The summed E-state index contributed by atoms with van der Waals surface area (Å²) in [4.78, 5) is 22.1. The number of hydrogen-bond donors (Lipinski definition) is 1. The molecule has 120 valence electrons. The highest BCUT2D eigenvalue weighted by atomic mass is 16.1. The number of rotatable bonds is 3. The summed E-state index contributed by atoms with van der Waals surface area (Å²) in [6.07, 6.45) is 5.81. The predicted octanol–water partition coefficient (Wildman–Crippen LogP) is 1.90. The molecule has 4 rings (SSSR count). The number of benzene rings is 1. The summed E-state index contributed by atoms with van der Waals surface area (Å²) in [5.74, 6) is 1.09. The van der Waals surface area contributed by atoms with Crippen molar-refractivity contribution in [2.45, 2.75) is 25.4 Å². The van der Waals surface area contributed by atoms with Crippen LogP contribution in [0, 0.1) is 0 Å². The topological polar surface area (TPSA) is 58.9 Å². The quantitative estimate of drug-likeness (QED) is 0.804. The summed E-state index contributed by atoms with van der Waals surface area (Å²) >= 11 is 0. The van der Waals surface area contributed by atoms with Crippen LogP contribution in [0.25, 0.3) is 11.0 Å². The Labute approximate surface area is 134 Å². The number of hydrogen-bond acceptors (Lipinski definition) is 3. The molecule has 1 N–H and O–H groups in total. The van der Waals surface area contributed by atoms with Crippen molar-refractivity contribution in [1.82, 2.24) is 24.0 Å². The molecule has 0 atom stereocenters. The highest BCUT2D eigenvalue weighted by Gasteiger charge is 2.24. The molecule has 1 aliphatic rings. The molecule has 3 heterocycles. The molecule has 3 aromatic rings. The number of aryl methyl sites for hydroxylation is 1. The number of likely N-dealkylation sites (tertiary alicyclic amines) is 1. The molecule has 1 aliphatic heterocycles. The van der Waals surface area contributed by atoms with E-state index in [2.05, 4.69) is 19.4 Å². The second-order valence-corrected chi connectivity index (χ2v) is 6.28. The van der Waals surface area contributed by atoms with Crippen LogP contribution in [0.5, 0.6) is 0 Å². The van der Waals surface area contributed by atoms with Crippen molar-refractivity contribution in [3.63, 3.8) is 0 Å². The van der Waals surface area contributed by atoms with Gasteiger partial charge in [0.1, 0.15) is 5.82 Å². The lowest BCUT2D eigenvalue weighted by Gasteiger charge is -2.32. The van der Waals surface area contributed by atoms with E-state index in [-0.39, 0.29) is 11.7 Å². The largest absolute Gasteiger partial charge is 0.337 e. The van der Waals surface area contributed by atoms with Crippen molar-refractivity contribution in [2.24, 2.45) is 7.05 Å². The first-order chi connectivity index (χ1) is 11.2. The number of nitrogens with one attached hydrogen (secondary N) is 1. The van der Waals surface area contributed by atoms with Crippen LogP contribution in [0.2, 0.25) is 0 Å². The highest BCUT2D eigenvalue weighted by Crippen LogP contribution is 2.25. The Balaban J connectivity index is 1.50. The smallest absolute Gasteiger partial charge is 0.326 e. The van der Waals surface area contributed by atoms with Gasteiger partial charge in [0.15, 0.2) is 0 Å². The van der Waals surface area contributed by atoms with Gasteiger partial charge in [0.2, 0.25) is 0 Å². The van der Waals surface area contributed by atoms with E-state index in [1.54, 1.807) is 0 Å². The van der Waals surface area contributed by atoms with Crippen LogP contribution in [0.4, 0.5) is 0 Å². The van der Waals surface area contributed by atoms with Gasteiger partial charge in [0.25, 0.3) is 0 Å². The molecule has 0 amide bonds. The van der Waals surface area contributed by atoms with Gasteiger partial charge in [0.05, 0.1) is 17.6 Å². The van der Waals surface area contributed by atoms with Gasteiger partial charge in [-0.1, -0.05) is 12.1 Å². The maximum atomic E-state index is 12.3. The first-order valence-corrected chi connectivity index (χ1v) is 8.10. The van der Waals surface area contributed by atoms with Crippen LogP contribution in [0.3, 0.4) is 0 Å². The van der Waals surface area contributed by atoms with E-state index in [0.717, 1.165) is 49.3 Å². The predicted molar refractivity (Wildman–Crippen MR) is 89.3 cm³/mol. The molecule has 0 bridgehead atoms. The van der Waals surface area contributed by atoms with Crippen molar-refractivity contribution < 1.29 is 0 Å². The third-order valence-corrected chi connectivity index (χ3v) is 4.83. The van der Waals surface area contributed by atoms with Crippen LogP contribution in [-0.4, -0.2) is 37.1 Å². The maximum Gasteiger partial charge on any atom is 0.326 e. The van der Waals surface area contributed by atoms with Crippen LogP contribution in [0.1, 0.15) is 24.7 Å². The highest BCUT2D eigenvalue weighted by molar-refractivity contribution is 5.75. The molecule has 23 heavy (non-hydrogen) atoms. The molecule has 0 spiro atoms. The van der Waals surface area contributed by atoms with E-state index in [0.29, 0.717) is 0 Å². The Hall–Kier alpha value is -2.34. The van der Waals surface area contributed by atoms with Gasteiger partial charge in [-0.2, -0.15) is 0 Å². The number of piperidine rings is 1. The lowest BCUT2D eigenvalue weighted by Crippen LogP contribution is -2.37. The van der Waals surface area contributed by atoms with Gasteiger partial charge in [-0.15, -0.1) is 0 Å². The standard InChI is InChI=1S/C17H21N5O/c1-20-11-8-18-16(20)12-21-9-6-13(7-10-21)22-15-5-3-2-4-14(15)19-17(22)23/h2-5,8,11,13H,6-7,9-10,12H2,1H3,(H,19,23). The number of nitrogens with zero attached hydrogens (tertiary/aromatic N) is 4. The second kappa shape index (κ2) is 5.70. The van der Waals surface area contributed by atoms with Crippen LogP contribution in [-0.2, 0) is 13.6 Å². The molecule has 0 radical (unpaired) electrons. The van der Waals surface area contributed by atoms with Crippen molar-refractivity contribution in [1.29, 1.82) is 0 Å². The fourth-order valence-corrected chi connectivity index (χ4v) is 3.52. The Morgan fingerprint density at radius 1 is 1.26 bits per heavy atom. The lowest BCUT2D eigenvalue weighted by molar-refractivity contribution is 0.175. The van der Waals surface area contributed by atoms with Crippen molar-refractivity contribution in [3.05, 3.63) is 53.0 Å². The third kappa shape index (κ3) is 2.59. The van der Waals surface area contributed by atoms with Crippen molar-refractivity contribution in [3.8, 4) is 0 Å². The summed E-state index contributed by atoms with van der Waals surface area (Å²) in [6, 6.07) is 8.20. The van der Waals surface area contributed by atoms with Crippen LogP contribution >= 0.6 is 0 Å². The third-order valence-electron chi connectivity index (χ3n) is 4.83. The fraction of sp³-hybridized carbons (Fsp3) is 0.412. The normalized spacial score (nSPS) is 17.1. The summed E-state index contributed by atoms with van der Waals surface area (Å²) in [5, 5.41) is 0. The van der Waals surface area contributed by atoms with Gasteiger partial charge in [-0.05, 0) is 25.0 Å². The monoisotopic (exact) mass is 311 g/mol. The fourth-order valence-electron chi connectivity index (χ4n) is 3.52. The first-order valence-electron chi connectivity index (χ1n) is 8.10. The Morgan fingerprint density at radius 3 is 2.78 bits per heavy atom. The number of aromatic nitrogens is 4. The zero-order chi connectivity index (χ0) is 15.8. The van der Waals surface area contributed by atoms with E-state index >= 15 is 0 Å². The molecule has 1 fully saturated rings. The van der Waals surface area contributed by atoms with Gasteiger partial charge >= 0.3 is 5.69 Å². The average molecular weight is 311 g/mol. The summed E-state index contributed by atoms with van der Waals surface area (Å²) in [7, 11) is 2.03. The molecular formula is C17H21N5O. The van der Waals surface area contributed by atoms with Gasteiger partial charge in [0, 0.05) is 38.6 Å². The van der Waals surface area contributed by atoms with E-state index in [1.165, 1.54) is 0 Å². The Bertz CT molecular complexity index is 866. The molecule has 0 saturated carbocycles. The minimum Gasteiger partial charge on any atom is -0.337 e. The van der Waals surface area contributed by atoms with Crippen molar-refractivity contribution >= 4 is 11.0 Å². The number of H-pyrrole nitrogens is 1. The molecule has 1 saturated heterocycles. The zero-order valence-electron chi connectivity index (χ0n) is 13.3. The molecule has 0 aliphatic carbocycles. The number of imidazole rings is 2. The number of fused-ring (bicyclic) bond motifs is 1. The van der Waals surface area contributed by atoms with Gasteiger partial charge < -0.3 is 9.55 Å². The Kier molecular flexibility index (Phi) is 3.53. The van der Waals surface area contributed by atoms with Crippen LogP contribution in [0.15, 0.2) is 41.5 Å². The molecule has 6 nitrogen and oxygen atoms in total. The number of aromatic amines is 1. The molecule has 6 heteroatoms. The molecule has 0 unspecified atom stereocenters. The minimum atomic E-state index is 0.00810. The van der Waals surface area contributed by atoms with Gasteiger partial charge in [-0.25, -0.2) is 9.78 Å². The minimum absolute atomic E-state index is 0.00810. The SMILES string of the molecule is Cn1ccnc1CN1CCC(n2c(=O)[nH]c3ccccc32)CC1.